The van der Waals surface area contributed by atoms with Gasteiger partial charge in [0.2, 0.25) is 12.0 Å². The summed E-state index contributed by atoms with van der Waals surface area (Å²) < 4.78 is 6.57. The first-order valence-corrected chi connectivity index (χ1v) is 18.5. The van der Waals surface area contributed by atoms with Crippen molar-refractivity contribution in [3.63, 3.8) is 0 Å². The summed E-state index contributed by atoms with van der Waals surface area (Å²) in [5.41, 5.74) is 12.4. The molecule has 254 valence electrons. The molecule has 0 amide bonds. The van der Waals surface area contributed by atoms with Crippen LogP contribution in [0.15, 0.2) is 193 Å². The van der Waals surface area contributed by atoms with Gasteiger partial charge in [-0.05, 0) is 80.6 Å². The van der Waals surface area contributed by atoms with Gasteiger partial charge in [-0.1, -0.05) is 152 Å². The van der Waals surface area contributed by atoms with Gasteiger partial charge in [0.05, 0.1) is 11.0 Å². The van der Waals surface area contributed by atoms with Gasteiger partial charge in [0.15, 0.2) is 0 Å². The highest BCUT2D eigenvalue weighted by atomic mass is 16.5. The number of rotatable bonds is 4. The van der Waals surface area contributed by atoms with Gasteiger partial charge in [-0.15, -0.1) is 0 Å². The third kappa shape index (κ3) is 4.50. The van der Waals surface area contributed by atoms with Crippen LogP contribution in [-0.4, -0.2) is 11.7 Å². The third-order valence-electron chi connectivity index (χ3n) is 11.3. The molecule has 1 aliphatic carbocycles. The maximum atomic E-state index is 6.57. The number of nitrogens with one attached hydrogen (secondary N) is 2. The molecule has 0 saturated heterocycles. The molecule has 2 aliphatic heterocycles. The predicted octanol–water partition coefficient (Wildman–Crippen LogP) is 9.55. The maximum absolute atomic E-state index is 6.57. The third-order valence-corrected chi connectivity index (χ3v) is 11.3. The van der Waals surface area contributed by atoms with E-state index in [9.17, 15) is 0 Å². The van der Waals surface area contributed by atoms with Crippen LogP contribution in [-0.2, 0) is 5.41 Å². The summed E-state index contributed by atoms with van der Waals surface area (Å²) in [6, 6.07) is 67.0. The highest BCUT2D eigenvalue weighted by molar-refractivity contribution is 6.14. The van der Waals surface area contributed by atoms with Gasteiger partial charge in [-0.2, -0.15) is 4.99 Å². The van der Waals surface area contributed by atoms with E-state index in [1.165, 1.54) is 49.7 Å². The molecule has 0 aromatic heterocycles. The molecule has 0 radical (unpaired) electrons. The Labute approximate surface area is 313 Å². The van der Waals surface area contributed by atoms with E-state index >= 15 is 0 Å². The minimum atomic E-state index is -0.515. The molecular weight excluding hydrogens is 659 g/mol. The van der Waals surface area contributed by atoms with Crippen LogP contribution in [0.1, 0.15) is 45.1 Å². The van der Waals surface area contributed by atoms with Crippen molar-refractivity contribution < 1.29 is 9.73 Å². The molecule has 1 atom stereocenters. The van der Waals surface area contributed by atoms with Crippen molar-refractivity contribution in [2.24, 2.45) is 4.99 Å². The molecule has 0 fully saturated rings. The first kappa shape index (κ1) is 30.6. The van der Waals surface area contributed by atoms with Gasteiger partial charge in [0.25, 0.3) is 5.84 Å². The van der Waals surface area contributed by atoms with E-state index in [0.29, 0.717) is 0 Å². The molecule has 2 heterocycles. The molecule has 4 heteroatoms. The average molecular weight is 693 g/mol. The van der Waals surface area contributed by atoms with E-state index in [-0.39, 0.29) is 6.17 Å². The van der Waals surface area contributed by atoms with E-state index in [0.717, 1.165) is 45.4 Å². The number of nitrogens with zero attached hydrogens (tertiary/aromatic N) is 1. The second-order valence-corrected chi connectivity index (χ2v) is 14.2. The summed E-state index contributed by atoms with van der Waals surface area (Å²) in [6.45, 7) is 0. The molecule has 11 rings (SSSR count). The molecular formula is C50H34N3O+. The van der Waals surface area contributed by atoms with E-state index < -0.39 is 5.41 Å². The fourth-order valence-electron chi connectivity index (χ4n) is 9.01. The SMILES string of the molecule is c1ccc(C2=NC(c3cccc4ccccc34)[NH+]=C(c3cccc(-c4cccc5c4-c4ccccc4C54c5ccccc5Oc5ccccc54)c3)N2)cc1. The Hall–Kier alpha value is -7.04. The Morgan fingerprint density at radius 1 is 0.500 bits per heavy atom. The van der Waals surface area contributed by atoms with E-state index in [1.54, 1.807) is 0 Å². The molecule has 1 unspecified atom stereocenters. The number of amidine groups is 2. The first-order chi connectivity index (χ1) is 26.8. The summed E-state index contributed by atoms with van der Waals surface area (Å²) in [7, 11) is 0. The van der Waals surface area contributed by atoms with Gasteiger partial charge in [0, 0.05) is 22.3 Å². The summed E-state index contributed by atoms with van der Waals surface area (Å²) in [5, 5.41) is 6.07. The average Bonchev–Trinajstić information content (AvgIpc) is 3.54. The Kier molecular flexibility index (Phi) is 6.80. The molecule has 1 spiro atoms. The second-order valence-electron chi connectivity index (χ2n) is 14.2. The number of aliphatic imine (C=N–C) groups is 1. The number of ether oxygens (including phenoxy) is 1. The largest absolute Gasteiger partial charge is 0.457 e. The molecule has 8 aromatic carbocycles. The monoisotopic (exact) mass is 692 g/mol. The number of benzene rings is 8. The quantitative estimate of drug-likeness (QED) is 0.193. The van der Waals surface area contributed by atoms with Crippen LogP contribution in [0.4, 0.5) is 0 Å². The van der Waals surface area contributed by atoms with Crippen molar-refractivity contribution in [1.82, 2.24) is 5.32 Å². The van der Waals surface area contributed by atoms with Gasteiger partial charge in [-0.25, -0.2) is 10.3 Å². The lowest BCUT2D eigenvalue weighted by atomic mass is 9.66. The lowest BCUT2D eigenvalue weighted by Crippen LogP contribution is -2.80. The Bertz CT molecular complexity index is 2800. The zero-order valence-electron chi connectivity index (χ0n) is 29.3. The van der Waals surface area contributed by atoms with E-state index in [4.69, 9.17) is 9.73 Å². The smallest absolute Gasteiger partial charge is 0.283 e. The number of hydrogen-bond acceptors (Lipinski definition) is 3. The van der Waals surface area contributed by atoms with Gasteiger partial charge in [0.1, 0.15) is 11.5 Å². The van der Waals surface area contributed by atoms with Crippen LogP contribution in [0, 0.1) is 0 Å². The predicted molar refractivity (Wildman–Crippen MR) is 217 cm³/mol. The van der Waals surface area contributed by atoms with Crippen LogP contribution in [0.2, 0.25) is 0 Å². The van der Waals surface area contributed by atoms with Crippen molar-refractivity contribution >= 4 is 22.4 Å². The van der Waals surface area contributed by atoms with Crippen LogP contribution in [0.25, 0.3) is 33.0 Å². The topological polar surface area (TPSA) is 47.6 Å². The van der Waals surface area contributed by atoms with Crippen LogP contribution >= 0.6 is 0 Å². The standard InChI is InChI=1S/C50H33N3O/c1-2-16-33(17-3-1)47-51-48(53-49(52-47)38-24-13-18-32-15-4-5-21-36(32)38)35-20-12-19-34(31-35)37-23-14-28-43-46(37)39-22-6-7-25-40(39)50(43)41-26-8-10-29-44(41)54-45-30-11-9-27-42(45)50/h1-31,49H,(H,51,52,53)/p+1. The number of fused-ring (bicyclic) bond motifs is 10. The van der Waals surface area contributed by atoms with Crippen molar-refractivity contribution in [2.75, 3.05) is 0 Å². The molecule has 0 bridgehead atoms. The Morgan fingerprint density at radius 2 is 1.09 bits per heavy atom. The molecule has 2 N–H and O–H groups in total. The summed E-state index contributed by atoms with van der Waals surface area (Å²) in [6.07, 6.45) is -0.285. The van der Waals surface area contributed by atoms with Crippen molar-refractivity contribution in [2.45, 2.75) is 11.6 Å². The van der Waals surface area contributed by atoms with Crippen molar-refractivity contribution in [1.29, 1.82) is 0 Å². The number of hydrogen-bond donors (Lipinski definition) is 2. The van der Waals surface area contributed by atoms with Crippen molar-refractivity contribution in [3.05, 3.63) is 227 Å². The zero-order chi connectivity index (χ0) is 35.6. The van der Waals surface area contributed by atoms with Crippen LogP contribution in [0.3, 0.4) is 0 Å². The minimum Gasteiger partial charge on any atom is -0.457 e. The molecule has 4 nitrogen and oxygen atoms in total. The molecule has 54 heavy (non-hydrogen) atoms. The van der Waals surface area contributed by atoms with E-state index in [1.807, 2.05) is 6.07 Å². The minimum absolute atomic E-state index is 0.285. The van der Waals surface area contributed by atoms with E-state index in [2.05, 4.69) is 192 Å². The lowest BCUT2D eigenvalue weighted by Gasteiger charge is -2.39. The van der Waals surface area contributed by atoms with Gasteiger partial charge in [-0.3, -0.25) is 0 Å². The van der Waals surface area contributed by atoms with Crippen LogP contribution in [0.5, 0.6) is 11.5 Å². The summed E-state index contributed by atoms with van der Waals surface area (Å²) in [4.78, 5) is 9.05. The Morgan fingerprint density at radius 3 is 1.93 bits per heavy atom. The maximum Gasteiger partial charge on any atom is 0.283 e. The fourth-order valence-corrected chi connectivity index (χ4v) is 9.01. The van der Waals surface area contributed by atoms with Crippen molar-refractivity contribution in [3.8, 4) is 33.8 Å². The van der Waals surface area contributed by atoms with Gasteiger partial charge >= 0.3 is 0 Å². The first-order valence-electron chi connectivity index (χ1n) is 18.5. The normalized spacial score (nSPS) is 15.9. The highest BCUT2D eigenvalue weighted by Gasteiger charge is 2.51. The fraction of sp³-hybridized carbons (Fsp3) is 0.0400. The number of para-hydroxylation sites is 2. The lowest BCUT2D eigenvalue weighted by molar-refractivity contribution is -0.510. The Balaban J connectivity index is 1.09. The van der Waals surface area contributed by atoms with Gasteiger partial charge < -0.3 is 4.74 Å². The highest BCUT2D eigenvalue weighted by Crippen LogP contribution is 2.63. The second kappa shape index (κ2) is 12.0. The summed E-state index contributed by atoms with van der Waals surface area (Å²) in [5.74, 6) is 3.55. The summed E-state index contributed by atoms with van der Waals surface area (Å²) >= 11 is 0. The molecule has 0 saturated carbocycles. The molecule has 8 aromatic rings. The van der Waals surface area contributed by atoms with Crippen LogP contribution < -0.4 is 15.0 Å². The zero-order valence-corrected chi connectivity index (χ0v) is 29.3. The molecule has 3 aliphatic rings.